The largest absolute Gasteiger partial charge is 0.348 e. The Bertz CT molecular complexity index is 718. The minimum Gasteiger partial charge on any atom is -0.348 e. The normalized spacial score (nSPS) is 10.0. The van der Waals surface area contributed by atoms with Gasteiger partial charge in [0.2, 0.25) is 0 Å². The molecule has 106 valence electrons. The van der Waals surface area contributed by atoms with Gasteiger partial charge in [-0.25, -0.2) is 13.2 Å². The van der Waals surface area contributed by atoms with Crippen molar-refractivity contribution in [3.63, 3.8) is 0 Å². The third-order valence-corrected chi connectivity index (χ3v) is 2.81. The van der Waals surface area contributed by atoms with Crippen LogP contribution in [0.4, 0.5) is 13.2 Å². The summed E-state index contributed by atoms with van der Waals surface area (Å²) in [6.45, 7) is -0.246. The highest BCUT2D eigenvalue weighted by Crippen LogP contribution is 2.13. The highest BCUT2D eigenvalue weighted by molar-refractivity contribution is 5.94. The predicted octanol–water partition coefficient (Wildman–Crippen LogP) is 2.91. The van der Waals surface area contributed by atoms with Crippen LogP contribution in [0.3, 0.4) is 0 Å². The van der Waals surface area contributed by atoms with Gasteiger partial charge < -0.3 is 5.32 Å². The van der Waals surface area contributed by atoms with E-state index in [0.29, 0.717) is 0 Å². The Morgan fingerprint density at radius 3 is 2.33 bits per heavy atom. The number of nitrogens with one attached hydrogen (secondary N) is 1. The predicted molar refractivity (Wildman–Crippen MR) is 68.6 cm³/mol. The number of amides is 1. The highest BCUT2D eigenvalue weighted by Gasteiger charge is 2.17. The van der Waals surface area contributed by atoms with Crippen LogP contribution in [0.2, 0.25) is 0 Å². The average Bonchev–Trinajstić information content (AvgIpc) is 2.45. The SMILES string of the molecule is N#Cc1ccc(CNC(=O)c2c(F)cccc2F)c(F)c1. The third kappa shape index (κ3) is 3.20. The van der Waals surface area contributed by atoms with E-state index in [-0.39, 0.29) is 17.7 Å². The molecule has 0 aromatic heterocycles. The number of carbonyl (C=O) groups excluding carboxylic acids is 1. The number of hydrogen-bond donors (Lipinski definition) is 1. The first-order chi connectivity index (χ1) is 10.0. The van der Waals surface area contributed by atoms with Crippen molar-refractivity contribution in [1.82, 2.24) is 5.32 Å². The van der Waals surface area contributed by atoms with E-state index in [0.717, 1.165) is 24.3 Å². The summed E-state index contributed by atoms with van der Waals surface area (Å²) in [4.78, 5) is 11.7. The Morgan fingerprint density at radius 2 is 1.76 bits per heavy atom. The molecule has 0 fully saturated rings. The molecule has 0 aliphatic rings. The maximum atomic E-state index is 13.6. The topological polar surface area (TPSA) is 52.9 Å². The lowest BCUT2D eigenvalue weighted by Crippen LogP contribution is -2.25. The fraction of sp³-hybridized carbons (Fsp3) is 0.0667. The van der Waals surface area contributed by atoms with Gasteiger partial charge in [0.1, 0.15) is 23.0 Å². The molecule has 2 aromatic carbocycles. The van der Waals surface area contributed by atoms with Crippen molar-refractivity contribution in [2.45, 2.75) is 6.54 Å². The van der Waals surface area contributed by atoms with Gasteiger partial charge in [0, 0.05) is 12.1 Å². The van der Waals surface area contributed by atoms with Crippen LogP contribution in [-0.4, -0.2) is 5.91 Å². The van der Waals surface area contributed by atoms with Gasteiger partial charge in [-0.1, -0.05) is 12.1 Å². The quantitative estimate of drug-likeness (QED) is 0.945. The van der Waals surface area contributed by atoms with Crippen LogP contribution >= 0.6 is 0 Å². The molecule has 1 N–H and O–H groups in total. The standard InChI is InChI=1S/C15H9F3N2O/c16-11-2-1-3-12(17)14(11)15(21)20-8-10-5-4-9(7-19)6-13(10)18/h1-6H,8H2,(H,20,21). The molecule has 6 heteroatoms. The van der Waals surface area contributed by atoms with Crippen molar-refractivity contribution in [2.75, 3.05) is 0 Å². The number of halogens is 3. The molecular formula is C15H9F3N2O. The first-order valence-electron chi connectivity index (χ1n) is 5.93. The maximum absolute atomic E-state index is 13.6. The number of rotatable bonds is 3. The van der Waals surface area contributed by atoms with Gasteiger partial charge in [-0.15, -0.1) is 0 Å². The molecule has 0 unspecified atom stereocenters. The minimum atomic E-state index is -0.993. The molecule has 0 aliphatic carbocycles. The average molecular weight is 290 g/mol. The Labute approximate surface area is 118 Å². The molecule has 0 saturated carbocycles. The van der Waals surface area contributed by atoms with Crippen molar-refractivity contribution in [3.05, 3.63) is 70.5 Å². The molecule has 0 heterocycles. The molecule has 1 amide bonds. The number of nitriles is 1. The highest BCUT2D eigenvalue weighted by atomic mass is 19.1. The van der Waals surface area contributed by atoms with Crippen molar-refractivity contribution in [2.24, 2.45) is 0 Å². The van der Waals surface area contributed by atoms with E-state index >= 15 is 0 Å². The molecule has 0 saturated heterocycles. The number of hydrogen-bond acceptors (Lipinski definition) is 2. The second kappa shape index (κ2) is 6.09. The summed E-state index contributed by atoms with van der Waals surface area (Å²) in [6.07, 6.45) is 0. The van der Waals surface area contributed by atoms with Crippen LogP contribution in [-0.2, 0) is 6.54 Å². The molecule has 0 spiro atoms. The van der Waals surface area contributed by atoms with Crippen molar-refractivity contribution in [1.29, 1.82) is 5.26 Å². The van der Waals surface area contributed by atoms with Gasteiger partial charge >= 0.3 is 0 Å². The summed E-state index contributed by atoms with van der Waals surface area (Å²) in [5, 5.41) is 10.8. The first-order valence-corrected chi connectivity index (χ1v) is 5.93. The monoisotopic (exact) mass is 290 g/mol. The molecule has 3 nitrogen and oxygen atoms in total. The summed E-state index contributed by atoms with van der Waals surface area (Å²) in [6, 6.07) is 8.56. The van der Waals surface area contributed by atoms with Gasteiger partial charge in [0.15, 0.2) is 0 Å². The Balaban J connectivity index is 2.13. The van der Waals surface area contributed by atoms with Crippen LogP contribution in [0.15, 0.2) is 36.4 Å². The zero-order valence-electron chi connectivity index (χ0n) is 10.7. The summed E-state index contributed by atoms with van der Waals surface area (Å²) in [7, 11) is 0. The van der Waals surface area contributed by atoms with Gasteiger partial charge in [0.05, 0.1) is 11.6 Å². The molecule has 2 rings (SSSR count). The van der Waals surface area contributed by atoms with Crippen LogP contribution in [0, 0.1) is 28.8 Å². The van der Waals surface area contributed by atoms with Gasteiger partial charge in [-0.3, -0.25) is 4.79 Å². The van der Waals surface area contributed by atoms with Crippen molar-refractivity contribution < 1.29 is 18.0 Å². The molecule has 2 aromatic rings. The van der Waals surface area contributed by atoms with Crippen molar-refractivity contribution in [3.8, 4) is 6.07 Å². The fourth-order valence-corrected chi connectivity index (χ4v) is 1.74. The number of benzene rings is 2. The fourth-order valence-electron chi connectivity index (χ4n) is 1.74. The van der Waals surface area contributed by atoms with Gasteiger partial charge in [-0.05, 0) is 24.3 Å². The van der Waals surface area contributed by atoms with E-state index < -0.39 is 28.9 Å². The second-order valence-corrected chi connectivity index (χ2v) is 4.20. The van der Waals surface area contributed by atoms with Crippen LogP contribution in [0.25, 0.3) is 0 Å². The lowest BCUT2D eigenvalue weighted by Gasteiger charge is -2.08. The molecule has 0 bridgehead atoms. The Hall–Kier alpha value is -2.81. The summed E-state index contributed by atoms with van der Waals surface area (Å²) in [5.41, 5.74) is -0.464. The van der Waals surface area contributed by atoms with Crippen LogP contribution in [0.5, 0.6) is 0 Å². The van der Waals surface area contributed by atoms with Gasteiger partial charge in [-0.2, -0.15) is 5.26 Å². The summed E-state index contributed by atoms with van der Waals surface area (Å²) in [5.74, 6) is -3.64. The Kier molecular flexibility index (Phi) is 4.24. The molecule has 0 atom stereocenters. The lowest BCUT2D eigenvalue weighted by molar-refractivity contribution is 0.0942. The van der Waals surface area contributed by atoms with Crippen LogP contribution < -0.4 is 5.32 Å². The molecule has 0 aliphatic heterocycles. The minimum absolute atomic E-state index is 0.110. The van der Waals surface area contributed by atoms with E-state index in [1.165, 1.54) is 12.1 Å². The molecule has 0 radical (unpaired) electrons. The molecule has 21 heavy (non-hydrogen) atoms. The second-order valence-electron chi connectivity index (χ2n) is 4.20. The number of nitrogens with zero attached hydrogens (tertiary/aromatic N) is 1. The zero-order chi connectivity index (χ0) is 15.4. The lowest BCUT2D eigenvalue weighted by atomic mass is 10.1. The number of carbonyl (C=O) groups is 1. The van der Waals surface area contributed by atoms with E-state index in [4.69, 9.17) is 5.26 Å². The molecular weight excluding hydrogens is 281 g/mol. The first kappa shape index (κ1) is 14.6. The van der Waals surface area contributed by atoms with E-state index in [2.05, 4.69) is 5.32 Å². The third-order valence-electron chi connectivity index (χ3n) is 2.81. The Morgan fingerprint density at radius 1 is 1.10 bits per heavy atom. The van der Waals surface area contributed by atoms with E-state index in [1.807, 2.05) is 0 Å². The van der Waals surface area contributed by atoms with E-state index in [1.54, 1.807) is 6.07 Å². The van der Waals surface area contributed by atoms with E-state index in [9.17, 15) is 18.0 Å². The summed E-state index contributed by atoms with van der Waals surface area (Å²) < 4.78 is 40.4. The van der Waals surface area contributed by atoms with Crippen molar-refractivity contribution >= 4 is 5.91 Å². The van der Waals surface area contributed by atoms with Crippen LogP contribution in [0.1, 0.15) is 21.5 Å². The summed E-state index contributed by atoms with van der Waals surface area (Å²) >= 11 is 0. The van der Waals surface area contributed by atoms with Gasteiger partial charge in [0.25, 0.3) is 5.91 Å². The zero-order valence-corrected chi connectivity index (χ0v) is 10.7. The maximum Gasteiger partial charge on any atom is 0.257 e. The smallest absolute Gasteiger partial charge is 0.257 e.